The zero-order valence-corrected chi connectivity index (χ0v) is 25.9. The van der Waals surface area contributed by atoms with Crippen molar-refractivity contribution in [1.29, 1.82) is 0 Å². The number of carbonyl (C=O) groups excluding carboxylic acids is 1. The normalized spacial score (nSPS) is 18.6. The van der Waals surface area contributed by atoms with Gasteiger partial charge < -0.3 is 9.88 Å². The van der Waals surface area contributed by atoms with Crippen molar-refractivity contribution in [2.75, 3.05) is 26.2 Å². The van der Waals surface area contributed by atoms with Crippen molar-refractivity contribution >= 4 is 16.8 Å². The molecule has 0 radical (unpaired) electrons. The smallest absolute Gasteiger partial charge is 0.280 e. The standard InChI is InChI=1S/C34H36FN5O2.C2H6/c35-24-9-10-26(28(17-24)33(41)39-13-4-14-39)23-15-30(22-7-8-22)37-31(16-23)40-20-29(21-5-6-21)27-18-25(36-32(27)34(40)42)19-38-11-2-1-3-12-38;1-2/h9-10,15-18,20-22,36H,1-8,11-14,19H2;1-2H3. The second kappa shape index (κ2) is 12.0. The molecule has 0 unspecified atom stereocenters. The SMILES string of the molecule is CC.O=C(c1cc(F)ccc1-c1cc(C2CC2)nc(-n2cc(C3CC3)c3cc(CN4CCCCC4)[nH]c3c2=O)c1)N1CCC1. The Balaban J connectivity index is 0.00000153. The fraction of sp³-hybridized carbons (Fsp3) is 0.472. The quantitative estimate of drug-likeness (QED) is 0.247. The van der Waals surface area contributed by atoms with Crippen molar-refractivity contribution in [2.24, 2.45) is 0 Å². The van der Waals surface area contributed by atoms with Crippen LogP contribution in [0, 0.1) is 5.82 Å². The van der Waals surface area contributed by atoms with Crippen LogP contribution < -0.4 is 5.56 Å². The number of benzene rings is 1. The molecule has 2 aliphatic heterocycles. The summed E-state index contributed by atoms with van der Waals surface area (Å²) in [5.41, 5.74) is 5.57. The molecule has 0 bridgehead atoms. The number of carbonyl (C=O) groups is 1. The molecule has 8 rings (SSSR count). The van der Waals surface area contributed by atoms with E-state index in [4.69, 9.17) is 4.98 Å². The summed E-state index contributed by atoms with van der Waals surface area (Å²) in [7, 11) is 0. The van der Waals surface area contributed by atoms with Crippen LogP contribution in [0.15, 0.2) is 47.4 Å². The number of fused-ring (bicyclic) bond motifs is 1. The number of aromatic amines is 1. The van der Waals surface area contributed by atoms with Crippen LogP contribution in [0.25, 0.3) is 27.8 Å². The molecule has 2 saturated carbocycles. The summed E-state index contributed by atoms with van der Waals surface area (Å²) in [6.45, 7) is 8.41. The Morgan fingerprint density at radius 2 is 1.68 bits per heavy atom. The Morgan fingerprint density at radius 1 is 0.932 bits per heavy atom. The van der Waals surface area contributed by atoms with E-state index in [1.54, 1.807) is 15.5 Å². The van der Waals surface area contributed by atoms with E-state index in [1.807, 2.05) is 32.2 Å². The summed E-state index contributed by atoms with van der Waals surface area (Å²) in [5.74, 6) is 0.762. The molecule has 2 saturated heterocycles. The Morgan fingerprint density at radius 3 is 2.36 bits per heavy atom. The van der Waals surface area contributed by atoms with Gasteiger partial charge in [-0.25, -0.2) is 9.37 Å². The number of nitrogens with one attached hydrogen (secondary N) is 1. The fourth-order valence-electron chi connectivity index (χ4n) is 6.67. The van der Waals surface area contributed by atoms with Crippen LogP contribution in [0.5, 0.6) is 0 Å². The first-order valence-electron chi connectivity index (χ1n) is 16.6. The third kappa shape index (κ3) is 5.60. The zero-order chi connectivity index (χ0) is 30.4. The summed E-state index contributed by atoms with van der Waals surface area (Å²) in [6.07, 6.45) is 11.1. The highest BCUT2D eigenvalue weighted by Gasteiger charge is 2.31. The van der Waals surface area contributed by atoms with Gasteiger partial charge in [-0.3, -0.25) is 19.1 Å². The van der Waals surface area contributed by atoms with E-state index in [0.29, 0.717) is 47.4 Å². The molecule has 230 valence electrons. The second-order valence-electron chi connectivity index (χ2n) is 12.7. The van der Waals surface area contributed by atoms with Gasteiger partial charge >= 0.3 is 0 Å². The highest BCUT2D eigenvalue weighted by molar-refractivity contribution is 6.01. The van der Waals surface area contributed by atoms with E-state index >= 15 is 0 Å². The van der Waals surface area contributed by atoms with Crippen LogP contribution in [0.1, 0.15) is 104 Å². The summed E-state index contributed by atoms with van der Waals surface area (Å²) < 4.78 is 16.1. The maximum Gasteiger partial charge on any atom is 0.280 e. The number of aromatic nitrogens is 3. The van der Waals surface area contributed by atoms with Crippen molar-refractivity contribution in [3.63, 3.8) is 0 Å². The van der Waals surface area contributed by atoms with E-state index in [-0.39, 0.29) is 11.5 Å². The number of pyridine rings is 2. The third-order valence-electron chi connectivity index (χ3n) is 9.49. The van der Waals surface area contributed by atoms with Crippen molar-refractivity contribution < 1.29 is 9.18 Å². The Kier molecular flexibility index (Phi) is 7.87. The lowest BCUT2D eigenvalue weighted by atomic mass is 9.97. The number of hydrogen-bond acceptors (Lipinski definition) is 4. The van der Waals surface area contributed by atoms with Gasteiger partial charge in [-0.1, -0.05) is 26.3 Å². The minimum absolute atomic E-state index is 0.110. The summed E-state index contributed by atoms with van der Waals surface area (Å²) >= 11 is 0. The molecule has 7 nitrogen and oxygen atoms in total. The van der Waals surface area contributed by atoms with E-state index in [1.165, 1.54) is 37.0 Å². The lowest BCUT2D eigenvalue weighted by molar-refractivity contribution is 0.0652. The minimum Gasteiger partial charge on any atom is -0.353 e. The van der Waals surface area contributed by atoms with E-state index < -0.39 is 5.82 Å². The maximum atomic E-state index is 14.4. The third-order valence-corrected chi connectivity index (χ3v) is 9.49. The number of nitrogens with zero attached hydrogens (tertiary/aromatic N) is 4. The van der Waals surface area contributed by atoms with Gasteiger partial charge in [0, 0.05) is 48.5 Å². The van der Waals surface area contributed by atoms with Crippen LogP contribution in [0.4, 0.5) is 4.39 Å². The van der Waals surface area contributed by atoms with Crippen LogP contribution in [-0.4, -0.2) is 56.4 Å². The molecule has 44 heavy (non-hydrogen) atoms. The first-order chi connectivity index (χ1) is 21.5. The van der Waals surface area contributed by atoms with Gasteiger partial charge in [0.2, 0.25) is 0 Å². The lowest BCUT2D eigenvalue weighted by Crippen LogP contribution is -2.42. The van der Waals surface area contributed by atoms with Crippen LogP contribution in [0.2, 0.25) is 0 Å². The molecule has 2 aliphatic carbocycles. The fourth-order valence-corrected chi connectivity index (χ4v) is 6.67. The number of likely N-dealkylation sites (tertiary alicyclic amines) is 2. The average molecular weight is 596 g/mol. The molecule has 1 N–H and O–H groups in total. The molecule has 0 spiro atoms. The molecule has 3 aromatic heterocycles. The van der Waals surface area contributed by atoms with Crippen LogP contribution in [-0.2, 0) is 6.54 Å². The molecular weight excluding hydrogens is 553 g/mol. The van der Waals surface area contributed by atoms with Gasteiger partial charge in [0.15, 0.2) is 0 Å². The van der Waals surface area contributed by atoms with Gasteiger partial charge in [-0.05, 0) is 111 Å². The van der Waals surface area contributed by atoms with Crippen molar-refractivity contribution in [1.82, 2.24) is 24.3 Å². The highest BCUT2D eigenvalue weighted by Crippen LogP contribution is 2.44. The number of amides is 1. The molecule has 1 aromatic carbocycles. The molecule has 5 heterocycles. The van der Waals surface area contributed by atoms with E-state index in [9.17, 15) is 14.0 Å². The molecule has 8 heteroatoms. The predicted octanol–water partition coefficient (Wildman–Crippen LogP) is 7.13. The first-order valence-corrected chi connectivity index (χ1v) is 16.6. The highest BCUT2D eigenvalue weighted by atomic mass is 19.1. The zero-order valence-electron chi connectivity index (χ0n) is 25.9. The summed E-state index contributed by atoms with van der Waals surface area (Å²) in [4.78, 5) is 40.1. The number of H-pyrrole nitrogens is 1. The number of rotatable bonds is 7. The van der Waals surface area contributed by atoms with E-state index in [0.717, 1.165) is 74.1 Å². The van der Waals surface area contributed by atoms with Gasteiger partial charge in [-0.15, -0.1) is 0 Å². The van der Waals surface area contributed by atoms with Gasteiger partial charge in [0.05, 0.1) is 5.56 Å². The monoisotopic (exact) mass is 595 g/mol. The number of piperidine rings is 1. The molecule has 4 fully saturated rings. The van der Waals surface area contributed by atoms with Crippen molar-refractivity contribution in [2.45, 2.75) is 83.6 Å². The van der Waals surface area contributed by atoms with Gasteiger partial charge in [0.1, 0.15) is 17.2 Å². The molecular formula is C36H42FN5O2. The topological polar surface area (TPSA) is 74.2 Å². The maximum absolute atomic E-state index is 14.4. The number of halogens is 1. The number of hydrogen-bond donors (Lipinski definition) is 1. The summed E-state index contributed by atoms with van der Waals surface area (Å²) in [5, 5.41) is 1.03. The van der Waals surface area contributed by atoms with Crippen molar-refractivity contribution in [3.05, 3.63) is 81.3 Å². The van der Waals surface area contributed by atoms with Gasteiger partial charge in [-0.2, -0.15) is 0 Å². The predicted molar refractivity (Wildman–Crippen MR) is 172 cm³/mol. The largest absolute Gasteiger partial charge is 0.353 e. The summed E-state index contributed by atoms with van der Waals surface area (Å²) in [6, 6.07) is 10.6. The van der Waals surface area contributed by atoms with Gasteiger partial charge in [0.25, 0.3) is 11.5 Å². The average Bonchev–Trinajstić information content (AvgIpc) is 3.95. The molecule has 0 atom stereocenters. The molecule has 4 aliphatic rings. The Bertz CT molecular complexity index is 1760. The molecule has 1 amide bonds. The first kappa shape index (κ1) is 29.0. The second-order valence-corrected chi connectivity index (χ2v) is 12.7. The molecule has 4 aromatic rings. The van der Waals surface area contributed by atoms with E-state index in [2.05, 4.69) is 16.0 Å². The minimum atomic E-state index is -0.429. The van der Waals surface area contributed by atoms with Crippen LogP contribution >= 0.6 is 0 Å². The van der Waals surface area contributed by atoms with Crippen LogP contribution in [0.3, 0.4) is 0 Å². The Hall–Kier alpha value is -3.78. The Labute approximate surface area is 258 Å². The lowest BCUT2D eigenvalue weighted by Gasteiger charge is -2.31. The van der Waals surface area contributed by atoms with Crippen molar-refractivity contribution in [3.8, 4) is 16.9 Å².